The third kappa shape index (κ3) is 5.16. The van der Waals surface area contributed by atoms with Crippen LogP contribution in [0.3, 0.4) is 0 Å². The molecule has 3 rings (SSSR count). The number of benzene rings is 2. The molecule has 2 N–H and O–H groups in total. The molecule has 10 nitrogen and oxygen atoms in total. The summed E-state index contributed by atoms with van der Waals surface area (Å²) in [6.07, 6.45) is 1.30. The highest BCUT2D eigenvalue weighted by Gasteiger charge is 2.24. The van der Waals surface area contributed by atoms with E-state index in [0.29, 0.717) is 5.56 Å². The van der Waals surface area contributed by atoms with Crippen molar-refractivity contribution in [3.05, 3.63) is 96.7 Å². The summed E-state index contributed by atoms with van der Waals surface area (Å²) in [5, 5.41) is 30.6. The Kier molecular flexibility index (Phi) is 6.48. The minimum Gasteiger partial charge on any atom is -0.316 e. The van der Waals surface area contributed by atoms with Gasteiger partial charge in [0.05, 0.1) is 9.85 Å². The van der Waals surface area contributed by atoms with Crippen LogP contribution in [0.4, 0.5) is 22.7 Å². The number of para-hydroxylation sites is 4. The molecule has 2 amide bonds. The molecule has 31 heavy (non-hydrogen) atoms. The van der Waals surface area contributed by atoms with Crippen molar-refractivity contribution >= 4 is 52.0 Å². The third-order valence-electron chi connectivity index (χ3n) is 4.04. The van der Waals surface area contributed by atoms with Crippen LogP contribution in [0.2, 0.25) is 0 Å². The van der Waals surface area contributed by atoms with Crippen LogP contribution in [0.1, 0.15) is 5.56 Å². The monoisotopic (exact) mass is 438 g/mol. The topological polar surface area (TPSA) is 144 Å². The molecule has 0 atom stereocenters. The summed E-state index contributed by atoms with van der Waals surface area (Å²) in [5.41, 5.74) is -0.695. The summed E-state index contributed by atoms with van der Waals surface area (Å²) in [7, 11) is 0. The summed E-state index contributed by atoms with van der Waals surface area (Å²) in [4.78, 5) is 46.8. The SMILES string of the molecule is O=C(Nc1ccccc1[N+](=O)[O-])C(=Cc1ccsc1)C(=O)Nc1ccccc1[N+](=O)[O-]. The maximum atomic E-state index is 12.9. The molecular weight excluding hydrogens is 424 g/mol. The molecule has 0 saturated carbocycles. The average Bonchev–Trinajstić information content (AvgIpc) is 3.25. The lowest BCUT2D eigenvalue weighted by atomic mass is 10.1. The minimum atomic E-state index is -0.906. The highest BCUT2D eigenvalue weighted by atomic mass is 32.1. The molecule has 1 heterocycles. The van der Waals surface area contributed by atoms with E-state index in [1.54, 1.807) is 16.8 Å². The number of carbonyl (C=O) groups excluding carboxylic acids is 2. The fraction of sp³-hybridized carbons (Fsp3) is 0. The largest absolute Gasteiger partial charge is 0.316 e. The minimum absolute atomic E-state index is 0.0905. The van der Waals surface area contributed by atoms with E-state index in [1.807, 2.05) is 0 Å². The van der Waals surface area contributed by atoms with E-state index in [-0.39, 0.29) is 28.3 Å². The van der Waals surface area contributed by atoms with E-state index in [1.165, 1.54) is 65.9 Å². The van der Waals surface area contributed by atoms with E-state index >= 15 is 0 Å². The Morgan fingerprint density at radius 2 is 1.29 bits per heavy atom. The molecule has 2 aromatic carbocycles. The number of nitrogens with zero attached hydrogens (tertiary/aromatic N) is 2. The van der Waals surface area contributed by atoms with Crippen LogP contribution >= 0.6 is 11.3 Å². The van der Waals surface area contributed by atoms with Crippen LogP contribution in [0.15, 0.2) is 70.9 Å². The lowest BCUT2D eigenvalue weighted by Gasteiger charge is -2.10. The number of amides is 2. The molecular formula is C20H14N4O6S. The normalized spacial score (nSPS) is 10.1. The number of carbonyl (C=O) groups is 2. The summed E-state index contributed by atoms with van der Waals surface area (Å²) in [5.74, 6) is -1.81. The van der Waals surface area contributed by atoms with Crippen molar-refractivity contribution in [1.29, 1.82) is 0 Å². The molecule has 0 fully saturated rings. The first-order valence-corrected chi connectivity index (χ1v) is 9.64. The maximum absolute atomic E-state index is 12.9. The smallest absolute Gasteiger partial charge is 0.292 e. The lowest BCUT2D eigenvalue weighted by molar-refractivity contribution is -0.384. The van der Waals surface area contributed by atoms with Crippen LogP contribution in [0.25, 0.3) is 6.08 Å². The maximum Gasteiger partial charge on any atom is 0.292 e. The predicted octanol–water partition coefficient (Wildman–Crippen LogP) is 4.23. The van der Waals surface area contributed by atoms with Gasteiger partial charge in [0.25, 0.3) is 23.2 Å². The van der Waals surface area contributed by atoms with Crippen molar-refractivity contribution in [3.8, 4) is 0 Å². The lowest BCUT2D eigenvalue weighted by Crippen LogP contribution is -2.26. The number of nitro groups is 2. The van der Waals surface area contributed by atoms with Crippen molar-refractivity contribution in [2.75, 3.05) is 10.6 Å². The van der Waals surface area contributed by atoms with Gasteiger partial charge in [-0.05, 0) is 40.6 Å². The van der Waals surface area contributed by atoms with Gasteiger partial charge in [0.15, 0.2) is 0 Å². The Hall–Kier alpha value is -4.38. The van der Waals surface area contributed by atoms with Gasteiger partial charge in [-0.2, -0.15) is 11.3 Å². The van der Waals surface area contributed by atoms with Crippen LogP contribution < -0.4 is 10.6 Å². The first-order valence-electron chi connectivity index (χ1n) is 8.70. The zero-order valence-corrected chi connectivity index (χ0v) is 16.5. The van der Waals surface area contributed by atoms with Gasteiger partial charge < -0.3 is 10.6 Å². The van der Waals surface area contributed by atoms with Crippen molar-refractivity contribution in [1.82, 2.24) is 0 Å². The molecule has 0 aliphatic heterocycles. The summed E-state index contributed by atoms with van der Waals surface area (Å²) < 4.78 is 0. The fourth-order valence-electron chi connectivity index (χ4n) is 2.61. The number of anilines is 2. The molecule has 3 aromatic rings. The van der Waals surface area contributed by atoms with Crippen LogP contribution in [-0.4, -0.2) is 21.7 Å². The first kappa shape index (κ1) is 21.3. The molecule has 0 saturated heterocycles. The van der Waals surface area contributed by atoms with Gasteiger partial charge in [-0.3, -0.25) is 29.8 Å². The number of nitro benzene ring substituents is 2. The highest BCUT2D eigenvalue weighted by molar-refractivity contribution is 7.08. The Morgan fingerprint density at radius 3 is 1.71 bits per heavy atom. The van der Waals surface area contributed by atoms with Gasteiger partial charge >= 0.3 is 0 Å². The fourth-order valence-corrected chi connectivity index (χ4v) is 3.23. The van der Waals surface area contributed by atoms with Crippen LogP contribution in [0.5, 0.6) is 0 Å². The molecule has 11 heteroatoms. The van der Waals surface area contributed by atoms with E-state index in [9.17, 15) is 29.8 Å². The molecule has 0 radical (unpaired) electrons. The average molecular weight is 438 g/mol. The van der Waals surface area contributed by atoms with E-state index in [0.717, 1.165) is 0 Å². The van der Waals surface area contributed by atoms with Gasteiger partial charge in [0.2, 0.25) is 0 Å². The van der Waals surface area contributed by atoms with Crippen molar-refractivity contribution in [3.63, 3.8) is 0 Å². The Labute approximate surface area is 179 Å². The molecule has 0 spiro atoms. The van der Waals surface area contributed by atoms with E-state index in [4.69, 9.17) is 0 Å². The Bertz CT molecular complexity index is 1120. The zero-order valence-electron chi connectivity index (χ0n) is 15.7. The van der Waals surface area contributed by atoms with Crippen molar-refractivity contribution in [2.24, 2.45) is 0 Å². The molecule has 0 unspecified atom stereocenters. The number of hydrogen-bond donors (Lipinski definition) is 2. The summed E-state index contributed by atoms with van der Waals surface area (Å²) in [6, 6.07) is 12.6. The highest BCUT2D eigenvalue weighted by Crippen LogP contribution is 2.26. The van der Waals surface area contributed by atoms with Gasteiger partial charge in [-0.1, -0.05) is 24.3 Å². The molecule has 0 aliphatic carbocycles. The Balaban J connectivity index is 1.94. The number of thiophene rings is 1. The second kappa shape index (κ2) is 9.41. The van der Waals surface area contributed by atoms with E-state index in [2.05, 4.69) is 10.6 Å². The number of hydrogen-bond acceptors (Lipinski definition) is 7. The van der Waals surface area contributed by atoms with Gasteiger partial charge in [-0.15, -0.1) is 0 Å². The van der Waals surface area contributed by atoms with Crippen molar-refractivity contribution in [2.45, 2.75) is 0 Å². The van der Waals surface area contributed by atoms with Gasteiger partial charge in [0.1, 0.15) is 16.9 Å². The standard InChI is InChI=1S/C20H14N4O6S/c25-19(21-15-5-1-3-7-17(15)23(27)28)14(11-13-9-10-31-12-13)20(26)22-16-6-2-4-8-18(16)24(29)30/h1-12H,(H,21,25)(H,22,26). The van der Waals surface area contributed by atoms with Crippen LogP contribution in [0, 0.1) is 20.2 Å². The summed E-state index contributed by atoms with van der Waals surface area (Å²) in [6.45, 7) is 0. The molecule has 1 aromatic heterocycles. The van der Waals surface area contributed by atoms with Crippen LogP contribution in [-0.2, 0) is 9.59 Å². The van der Waals surface area contributed by atoms with Gasteiger partial charge in [0, 0.05) is 12.1 Å². The quantitative estimate of drug-likeness (QED) is 0.186. The number of nitrogens with one attached hydrogen (secondary N) is 2. The van der Waals surface area contributed by atoms with Gasteiger partial charge in [-0.25, -0.2) is 0 Å². The second-order valence-electron chi connectivity index (χ2n) is 6.07. The third-order valence-corrected chi connectivity index (χ3v) is 4.74. The molecule has 0 bridgehead atoms. The first-order chi connectivity index (χ1) is 14.9. The zero-order chi connectivity index (χ0) is 22.4. The summed E-state index contributed by atoms with van der Waals surface area (Å²) >= 11 is 1.34. The number of rotatable bonds is 7. The second-order valence-corrected chi connectivity index (χ2v) is 6.85. The van der Waals surface area contributed by atoms with Crippen molar-refractivity contribution < 1.29 is 19.4 Å². The molecule has 0 aliphatic rings. The molecule has 156 valence electrons. The van der Waals surface area contributed by atoms with E-state index < -0.39 is 21.7 Å². The Morgan fingerprint density at radius 1 is 0.806 bits per heavy atom. The predicted molar refractivity (Wildman–Crippen MR) is 116 cm³/mol.